The second kappa shape index (κ2) is 9.60. The average Bonchev–Trinajstić information content (AvgIpc) is 3.39. The maximum Gasteiger partial charge on any atom is 0.259 e. The summed E-state index contributed by atoms with van der Waals surface area (Å²) in [7, 11) is 0. The molecule has 0 aromatic carbocycles. The SMILES string of the molecule is O=C(CSCc1nc2sc3c(c2c(=O)[nH]1)CCC3)NCc1ccnc(N2CCOCC2)c1. The van der Waals surface area contributed by atoms with Gasteiger partial charge in [0.15, 0.2) is 0 Å². The predicted molar refractivity (Wildman–Crippen MR) is 128 cm³/mol. The van der Waals surface area contributed by atoms with Crippen molar-refractivity contribution in [1.29, 1.82) is 0 Å². The first kappa shape index (κ1) is 21.4. The van der Waals surface area contributed by atoms with Gasteiger partial charge in [0.05, 0.1) is 30.1 Å². The van der Waals surface area contributed by atoms with Crippen molar-refractivity contribution >= 4 is 45.0 Å². The minimum Gasteiger partial charge on any atom is -0.378 e. The highest BCUT2D eigenvalue weighted by molar-refractivity contribution is 7.99. The zero-order chi connectivity index (χ0) is 21.9. The summed E-state index contributed by atoms with van der Waals surface area (Å²) >= 11 is 3.09. The lowest BCUT2D eigenvalue weighted by molar-refractivity contribution is -0.118. The van der Waals surface area contributed by atoms with Crippen LogP contribution in [-0.4, -0.2) is 52.9 Å². The summed E-state index contributed by atoms with van der Waals surface area (Å²) in [5, 5.41) is 3.73. The number of carbonyl (C=O) groups excluding carboxylic acids is 1. The summed E-state index contributed by atoms with van der Waals surface area (Å²) in [6.07, 6.45) is 4.92. The van der Waals surface area contributed by atoms with Gasteiger partial charge < -0.3 is 19.9 Å². The second-order valence-electron chi connectivity index (χ2n) is 7.94. The molecule has 1 aliphatic carbocycles. The molecule has 2 N–H and O–H groups in total. The zero-order valence-electron chi connectivity index (χ0n) is 17.7. The molecule has 1 aliphatic heterocycles. The van der Waals surface area contributed by atoms with Crippen molar-refractivity contribution in [2.45, 2.75) is 31.6 Å². The van der Waals surface area contributed by atoms with E-state index in [0.717, 1.165) is 53.9 Å². The summed E-state index contributed by atoms with van der Waals surface area (Å²) in [4.78, 5) is 41.1. The smallest absolute Gasteiger partial charge is 0.259 e. The highest BCUT2D eigenvalue weighted by Gasteiger charge is 2.21. The van der Waals surface area contributed by atoms with E-state index in [-0.39, 0.29) is 11.5 Å². The monoisotopic (exact) mass is 471 g/mol. The molecule has 2 aliphatic rings. The molecule has 0 atom stereocenters. The normalized spacial score (nSPS) is 15.8. The minimum absolute atomic E-state index is 0.0433. The van der Waals surface area contributed by atoms with Gasteiger partial charge in [0.25, 0.3) is 5.56 Å². The lowest BCUT2D eigenvalue weighted by atomic mass is 10.2. The number of amides is 1. The Kier molecular flexibility index (Phi) is 6.42. The minimum atomic E-state index is -0.0526. The van der Waals surface area contributed by atoms with Gasteiger partial charge in [0.1, 0.15) is 16.5 Å². The van der Waals surface area contributed by atoms with E-state index in [0.29, 0.717) is 37.1 Å². The molecule has 3 aromatic heterocycles. The Bertz CT molecular complexity index is 1190. The number of hydrogen-bond acceptors (Lipinski definition) is 8. The number of morpholine rings is 1. The van der Waals surface area contributed by atoms with E-state index in [9.17, 15) is 9.59 Å². The topological polar surface area (TPSA) is 100 Å². The lowest BCUT2D eigenvalue weighted by Gasteiger charge is -2.28. The number of nitrogens with zero attached hydrogens (tertiary/aromatic N) is 3. The summed E-state index contributed by atoms with van der Waals surface area (Å²) in [6, 6.07) is 3.93. The molecule has 0 unspecified atom stereocenters. The number of H-pyrrole nitrogens is 1. The molecular weight excluding hydrogens is 446 g/mol. The van der Waals surface area contributed by atoms with Crippen LogP contribution in [0.5, 0.6) is 0 Å². The first-order valence-electron chi connectivity index (χ1n) is 10.8. The number of thiophene rings is 1. The molecule has 168 valence electrons. The van der Waals surface area contributed by atoms with Crippen LogP contribution in [0.4, 0.5) is 5.82 Å². The average molecular weight is 472 g/mol. The predicted octanol–water partition coefficient (Wildman–Crippen LogP) is 2.25. The molecule has 1 amide bonds. The zero-order valence-corrected chi connectivity index (χ0v) is 19.3. The molecule has 0 bridgehead atoms. The van der Waals surface area contributed by atoms with Crippen molar-refractivity contribution in [2.24, 2.45) is 0 Å². The van der Waals surface area contributed by atoms with E-state index >= 15 is 0 Å². The van der Waals surface area contributed by atoms with Crippen LogP contribution in [0.3, 0.4) is 0 Å². The molecule has 10 heteroatoms. The number of thioether (sulfide) groups is 1. The fourth-order valence-corrected chi connectivity index (χ4v) is 6.14. The van der Waals surface area contributed by atoms with Crippen molar-refractivity contribution in [3.8, 4) is 0 Å². The van der Waals surface area contributed by atoms with Crippen LogP contribution >= 0.6 is 23.1 Å². The number of rotatable bonds is 7. The van der Waals surface area contributed by atoms with E-state index < -0.39 is 0 Å². The van der Waals surface area contributed by atoms with Crippen molar-refractivity contribution < 1.29 is 9.53 Å². The van der Waals surface area contributed by atoms with Crippen LogP contribution in [0.1, 0.15) is 28.2 Å². The standard InChI is InChI=1S/C22H25N5O3S2/c28-19(24-11-14-4-5-23-18(10-14)27-6-8-30-9-7-27)13-31-12-17-25-21(29)20-15-2-1-3-16(15)32-22(20)26-17/h4-5,10H,1-3,6-9,11-13H2,(H,24,28)(H,25,26,29). The number of fused-ring (bicyclic) bond motifs is 3. The van der Waals surface area contributed by atoms with E-state index in [1.165, 1.54) is 22.2 Å². The third-order valence-electron chi connectivity index (χ3n) is 5.73. The molecule has 3 aromatic rings. The number of hydrogen-bond donors (Lipinski definition) is 2. The summed E-state index contributed by atoms with van der Waals surface area (Å²) in [6.45, 7) is 3.54. The van der Waals surface area contributed by atoms with E-state index in [1.54, 1.807) is 17.5 Å². The Labute approximate surface area is 193 Å². The molecule has 1 saturated heterocycles. The van der Waals surface area contributed by atoms with Gasteiger partial charge in [0.2, 0.25) is 5.91 Å². The number of nitrogens with one attached hydrogen (secondary N) is 2. The highest BCUT2D eigenvalue weighted by Crippen LogP contribution is 2.34. The van der Waals surface area contributed by atoms with Gasteiger partial charge in [-0.2, -0.15) is 0 Å². The molecular formula is C22H25N5O3S2. The van der Waals surface area contributed by atoms with Gasteiger partial charge in [-0.1, -0.05) is 0 Å². The van der Waals surface area contributed by atoms with Crippen LogP contribution in [0.25, 0.3) is 10.2 Å². The quantitative estimate of drug-likeness (QED) is 0.545. The molecule has 32 heavy (non-hydrogen) atoms. The van der Waals surface area contributed by atoms with Crippen molar-refractivity contribution in [2.75, 3.05) is 37.0 Å². The number of ether oxygens (including phenoxy) is 1. The third kappa shape index (κ3) is 4.67. The van der Waals surface area contributed by atoms with Crippen LogP contribution in [0.15, 0.2) is 23.1 Å². The third-order valence-corrected chi connectivity index (χ3v) is 7.86. The fraction of sp³-hybridized carbons (Fsp3) is 0.455. The van der Waals surface area contributed by atoms with Gasteiger partial charge in [-0.15, -0.1) is 23.1 Å². The van der Waals surface area contributed by atoms with Gasteiger partial charge >= 0.3 is 0 Å². The van der Waals surface area contributed by atoms with Crippen LogP contribution in [-0.2, 0) is 34.7 Å². The molecule has 0 radical (unpaired) electrons. The second-order valence-corrected chi connectivity index (χ2v) is 10.0. The number of aromatic nitrogens is 3. The number of aryl methyl sites for hydroxylation is 2. The van der Waals surface area contributed by atoms with Crippen LogP contribution < -0.4 is 15.8 Å². The number of aromatic amines is 1. The Morgan fingerprint density at radius 3 is 3.06 bits per heavy atom. The fourth-order valence-electron chi connectivity index (χ4n) is 4.14. The Morgan fingerprint density at radius 1 is 1.31 bits per heavy atom. The molecule has 0 spiro atoms. The van der Waals surface area contributed by atoms with Gasteiger partial charge in [-0.3, -0.25) is 9.59 Å². The van der Waals surface area contributed by atoms with Crippen molar-refractivity contribution in [1.82, 2.24) is 20.3 Å². The van der Waals surface area contributed by atoms with Crippen LogP contribution in [0.2, 0.25) is 0 Å². The number of pyridine rings is 1. The largest absolute Gasteiger partial charge is 0.378 e. The lowest BCUT2D eigenvalue weighted by Crippen LogP contribution is -2.36. The Morgan fingerprint density at radius 2 is 2.19 bits per heavy atom. The highest BCUT2D eigenvalue weighted by atomic mass is 32.2. The molecule has 1 fully saturated rings. The van der Waals surface area contributed by atoms with E-state index in [2.05, 4.69) is 25.2 Å². The number of carbonyl (C=O) groups is 1. The summed E-state index contributed by atoms with van der Waals surface area (Å²) in [5.74, 6) is 2.31. The Hall–Kier alpha value is -2.43. The molecule has 8 nitrogen and oxygen atoms in total. The van der Waals surface area contributed by atoms with Crippen molar-refractivity contribution in [3.05, 3.63) is 50.5 Å². The number of anilines is 1. The van der Waals surface area contributed by atoms with Crippen LogP contribution in [0, 0.1) is 0 Å². The first-order valence-corrected chi connectivity index (χ1v) is 12.8. The van der Waals surface area contributed by atoms with Crippen molar-refractivity contribution in [3.63, 3.8) is 0 Å². The first-order chi connectivity index (χ1) is 15.7. The van der Waals surface area contributed by atoms with Gasteiger partial charge in [0, 0.05) is 30.7 Å². The molecule has 0 saturated carbocycles. The van der Waals surface area contributed by atoms with Gasteiger partial charge in [-0.05, 0) is 42.5 Å². The van der Waals surface area contributed by atoms with E-state index in [4.69, 9.17) is 4.74 Å². The molecule has 4 heterocycles. The van der Waals surface area contributed by atoms with E-state index in [1.807, 2.05) is 12.1 Å². The maximum absolute atomic E-state index is 12.5. The summed E-state index contributed by atoms with van der Waals surface area (Å²) < 4.78 is 5.39. The summed E-state index contributed by atoms with van der Waals surface area (Å²) in [5.41, 5.74) is 2.15. The van der Waals surface area contributed by atoms with Gasteiger partial charge in [-0.25, -0.2) is 9.97 Å². The maximum atomic E-state index is 12.5. The molecule has 5 rings (SSSR count). The Balaban J connectivity index is 1.12.